The van der Waals surface area contributed by atoms with Gasteiger partial charge in [-0.1, -0.05) is 26.7 Å². The van der Waals surface area contributed by atoms with Crippen LogP contribution in [0.5, 0.6) is 5.75 Å². The monoisotopic (exact) mass is 240 g/mol. The molecule has 0 spiro atoms. The van der Waals surface area contributed by atoms with E-state index >= 15 is 0 Å². The molecule has 1 aromatic heterocycles. The molecule has 0 bridgehead atoms. The zero-order valence-corrected chi connectivity index (χ0v) is 11.1. The molecule has 0 radical (unpaired) electrons. The number of carbonyl (C=O) groups is 1. The minimum atomic E-state index is 0.169. The zero-order valence-electron chi connectivity index (χ0n) is 10.3. The summed E-state index contributed by atoms with van der Waals surface area (Å²) in [5.74, 6) is 1.16. The summed E-state index contributed by atoms with van der Waals surface area (Å²) < 4.78 is 5.20. The fourth-order valence-electron chi connectivity index (χ4n) is 1.93. The first kappa shape index (κ1) is 13.2. The third kappa shape index (κ3) is 3.08. The van der Waals surface area contributed by atoms with Crippen molar-refractivity contribution in [3.8, 4) is 5.75 Å². The van der Waals surface area contributed by atoms with Gasteiger partial charge in [-0.3, -0.25) is 4.79 Å². The Morgan fingerprint density at radius 1 is 1.38 bits per heavy atom. The maximum Gasteiger partial charge on any atom is 0.179 e. The summed E-state index contributed by atoms with van der Waals surface area (Å²) in [5.41, 5.74) is 0. The van der Waals surface area contributed by atoms with Crippen molar-refractivity contribution in [1.82, 2.24) is 0 Å². The molecule has 0 saturated heterocycles. The van der Waals surface area contributed by atoms with E-state index in [0.717, 1.165) is 36.3 Å². The molecular weight excluding hydrogens is 220 g/mol. The van der Waals surface area contributed by atoms with Crippen LogP contribution < -0.4 is 4.74 Å². The second-order valence-electron chi connectivity index (χ2n) is 3.96. The van der Waals surface area contributed by atoms with Crippen LogP contribution in [0.3, 0.4) is 0 Å². The van der Waals surface area contributed by atoms with Crippen LogP contribution in [0.15, 0.2) is 11.4 Å². The molecule has 0 saturated carbocycles. The summed E-state index contributed by atoms with van der Waals surface area (Å²) in [7, 11) is 1.62. The largest absolute Gasteiger partial charge is 0.495 e. The lowest BCUT2D eigenvalue weighted by Gasteiger charge is -2.13. The van der Waals surface area contributed by atoms with E-state index in [1.807, 2.05) is 11.4 Å². The number of rotatable bonds is 7. The number of hydrogen-bond donors (Lipinski definition) is 0. The second kappa shape index (κ2) is 6.69. The molecule has 1 rings (SSSR count). The Bertz CT molecular complexity index is 324. The van der Waals surface area contributed by atoms with Gasteiger partial charge in [0.1, 0.15) is 10.6 Å². The minimum absolute atomic E-state index is 0.169. The minimum Gasteiger partial charge on any atom is -0.495 e. The highest BCUT2D eigenvalue weighted by molar-refractivity contribution is 7.12. The van der Waals surface area contributed by atoms with E-state index in [0.29, 0.717) is 0 Å². The van der Waals surface area contributed by atoms with Gasteiger partial charge in [-0.05, 0) is 24.3 Å². The van der Waals surface area contributed by atoms with Gasteiger partial charge >= 0.3 is 0 Å². The zero-order chi connectivity index (χ0) is 12.0. The van der Waals surface area contributed by atoms with Gasteiger partial charge in [-0.25, -0.2) is 0 Å². The van der Waals surface area contributed by atoms with Gasteiger partial charge in [0, 0.05) is 5.92 Å². The van der Waals surface area contributed by atoms with Crippen LogP contribution in [0.1, 0.15) is 49.2 Å². The van der Waals surface area contributed by atoms with Gasteiger partial charge in [-0.2, -0.15) is 0 Å². The Labute approximate surface area is 102 Å². The van der Waals surface area contributed by atoms with Crippen LogP contribution in [0, 0.1) is 5.92 Å². The maximum atomic E-state index is 12.3. The molecule has 0 aliphatic rings. The van der Waals surface area contributed by atoms with Gasteiger partial charge < -0.3 is 4.74 Å². The van der Waals surface area contributed by atoms with Crippen molar-refractivity contribution in [2.45, 2.75) is 39.5 Å². The van der Waals surface area contributed by atoms with E-state index in [1.165, 1.54) is 11.3 Å². The fraction of sp³-hybridized carbons (Fsp3) is 0.615. The molecule has 0 aliphatic heterocycles. The highest BCUT2D eigenvalue weighted by Gasteiger charge is 2.22. The summed E-state index contributed by atoms with van der Waals surface area (Å²) in [6.45, 7) is 4.25. The summed E-state index contributed by atoms with van der Waals surface area (Å²) in [6, 6.07) is 1.87. The van der Waals surface area contributed by atoms with Crippen LogP contribution in [-0.4, -0.2) is 12.9 Å². The molecule has 0 aliphatic carbocycles. The van der Waals surface area contributed by atoms with E-state index < -0.39 is 0 Å². The Kier molecular flexibility index (Phi) is 5.53. The summed E-state index contributed by atoms with van der Waals surface area (Å²) in [5, 5.41) is 1.92. The van der Waals surface area contributed by atoms with E-state index in [4.69, 9.17) is 4.74 Å². The molecule has 0 fully saturated rings. The predicted octanol–water partition coefficient (Wildman–Crippen LogP) is 4.16. The predicted molar refractivity (Wildman–Crippen MR) is 68.5 cm³/mol. The molecule has 90 valence electrons. The topological polar surface area (TPSA) is 26.3 Å². The number of Topliss-reactive ketones (excluding diaryl/α,β-unsaturated/α-hetero) is 1. The smallest absolute Gasteiger partial charge is 0.179 e. The second-order valence-corrected chi connectivity index (χ2v) is 4.87. The Hall–Kier alpha value is -0.830. The van der Waals surface area contributed by atoms with Crippen molar-refractivity contribution in [2.75, 3.05) is 7.11 Å². The third-order valence-corrected chi connectivity index (χ3v) is 3.63. The summed E-state index contributed by atoms with van der Waals surface area (Å²) in [4.78, 5) is 13.1. The van der Waals surface area contributed by atoms with Gasteiger partial charge in [0.25, 0.3) is 0 Å². The van der Waals surface area contributed by atoms with Crippen LogP contribution in [0.4, 0.5) is 0 Å². The van der Waals surface area contributed by atoms with Crippen molar-refractivity contribution in [3.63, 3.8) is 0 Å². The maximum absolute atomic E-state index is 12.3. The normalized spacial score (nSPS) is 10.8. The lowest BCUT2D eigenvalue weighted by atomic mass is 9.93. The SMILES string of the molecule is CCCC(CCC)C(=O)c1sccc1OC. The Morgan fingerprint density at radius 3 is 2.50 bits per heavy atom. The van der Waals surface area contributed by atoms with Crippen molar-refractivity contribution in [2.24, 2.45) is 5.92 Å². The average Bonchev–Trinajstić information content (AvgIpc) is 2.75. The molecule has 16 heavy (non-hydrogen) atoms. The van der Waals surface area contributed by atoms with Crippen LogP contribution in [-0.2, 0) is 0 Å². The number of ketones is 1. The Morgan fingerprint density at radius 2 is 2.00 bits per heavy atom. The molecule has 0 atom stereocenters. The highest BCUT2D eigenvalue weighted by atomic mass is 32.1. The number of thiophene rings is 1. The number of ether oxygens (including phenoxy) is 1. The van der Waals surface area contributed by atoms with Gasteiger partial charge in [0.15, 0.2) is 5.78 Å². The number of hydrogen-bond acceptors (Lipinski definition) is 3. The van der Waals surface area contributed by atoms with Gasteiger partial charge in [-0.15, -0.1) is 11.3 Å². The molecule has 0 aromatic carbocycles. The lowest BCUT2D eigenvalue weighted by Crippen LogP contribution is -2.14. The number of carbonyl (C=O) groups excluding carboxylic acids is 1. The number of methoxy groups -OCH3 is 1. The molecule has 1 aromatic rings. The van der Waals surface area contributed by atoms with E-state index in [1.54, 1.807) is 7.11 Å². The van der Waals surface area contributed by atoms with Crippen LogP contribution in [0.25, 0.3) is 0 Å². The first-order chi connectivity index (χ1) is 7.74. The highest BCUT2D eigenvalue weighted by Crippen LogP contribution is 2.30. The fourth-order valence-corrected chi connectivity index (χ4v) is 2.80. The van der Waals surface area contributed by atoms with Crippen molar-refractivity contribution >= 4 is 17.1 Å². The van der Waals surface area contributed by atoms with E-state index in [2.05, 4.69) is 13.8 Å². The molecule has 1 heterocycles. The molecule has 0 unspecified atom stereocenters. The third-order valence-electron chi connectivity index (χ3n) is 2.72. The van der Waals surface area contributed by atoms with Crippen LogP contribution >= 0.6 is 11.3 Å². The van der Waals surface area contributed by atoms with Crippen molar-refractivity contribution in [3.05, 3.63) is 16.3 Å². The molecule has 0 N–H and O–H groups in total. The molecular formula is C13H20O2S. The van der Waals surface area contributed by atoms with Gasteiger partial charge in [0.2, 0.25) is 0 Å². The standard InChI is InChI=1S/C13H20O2S/c1-4-6-10(7-5-2)12(14)13-11(15-3)8-9-16-13/h8-10H,4-7H2,1-3H3. The van der Waals surface area contributed by atoms with Crippen LogP contribution in [0.2, 0.25) is 0 Å². The first-order valence-electron chi connectivity index (χ1n) is 5.90. The molecule has 2 nitrogen and oxygen atoms in total. The van der Waals surface area contributed by atoms with E-state index in [9.17, 15) is 4.79 Å². The Balaban J connectivity index is 2.81. The molecule has 0 amide bonds. The first-order valence-corrected chi connectivity index (χ1v) is 6.78. The molecule has 3 heteroatoms. The quantitative estimate of drug-likeness (QED) is 0.669. The van der Waals surface area contributed by atoms with E-state index in [-0.39, 0.29) is 11.7 Å². The van der Waals surface area contributed by atoms with Crippen molar-refractivity contribution in [1.29, 1.82) is 0 Å². The summed E-state index contributed by atoms with van der Waals surface area (Å²) in [6.07, 6.45) is 4.08. The summed E-state index contributed by atoms with van der Waals surface area (Å²) >= 11 is 1.49. The van der Waals surface area contributed by atoms with Crippen molar-refractivity contribution < 1.29 is 9.53 Å². The lowest BCUT2D eigenvalue weighted by molar-refractivity contribution is 0.0906. The van der Waals surface area contributed by atoms with Gasteiger partial charge in [0.05, 0.1) is 7.11 Å². The average molecular weight is 240 g/mol.